The number of rotatable bonds is 7. The first-order chi connectivity index (χ1) is 14.8. The van der Waals surface area contributed by atoms with E-state index in [0.29, 0.717) is 17.9 Å². The maximum atomic E-state index is 12.5. The maximum Gasteiger partial charge on any atom is 0.319 e. The number of anilines is 2. The Bertz CT molecular complexity index is 996. The molecule has 166 valence electrons. The Hall–Kier alpha value is -2.95. The van der Waals surface area contributed by atoms with Gasteiger partial charge in [0.05, 0.1) is 11.4 Å². The van der Waals surface area contributed by atoms with Crippen LogP contribution >= 0.6 is 0 Å². The maximum absolute atomic E-state index is 12.5. The highest BCUT2D eigenvalue weighted by atomic mass is 32.2. The van der Waals surface area contributed by atoms with Crippen LogP contribution < -0.4 is 21.1 Å². The number of benzene rings is 2. The molecule has 2 aromatic carbocycles. The van der Waals surface area contributed by atoms with E-state index in [1.807, 2.05) is 30.3 Å². The monoisotopic (exact) mass is 445 g/mol. The van der Waals surface area contributed by atoms with E-state index in [4.69, 9.17) is 5.14 Å². The van der Waals surface area contributed by atoms with Crippen LogP contribution in [-0.4, -0.2) is 50.9 Å². The van der Waals surface area contributed by atoms with Crippen molar-refractivity contribution in [3.8, 4) is 0 Å². The molecule has 1 aliphatic heterocycles. The van der Waals surface area contributed by atoms with Crippen LogP contribution in [0.2, 0.25) is 0 Å². The van der Waals surface area contributed by atoms with E-state index in [1.165, 1.54) is 24.3 Å². The van der Waals surface area contributed by atoms with Crippen LogP contribution in [0.5, 0.6) is 0 Å². The molecule has 0 spiro atoms. The smallest absolute Gasteiger partial charge is 0.319 e. The Morgan fingerprint density at radius 1 is 0.968 bits per heavy atom. The van der Waals surface area contributed by atoms with E-state index in [2.05, 4.69) is 20.9 Å². The lowest BCUT2D eigenvalue weighted by molar-refractivity contribution is -0.118. The number of nitrogens with two attached hydrogens (primary N) is 1. The number of para-hydroxylation sites is 1. The number of sulfonamides is 1. The van der Waals surface area contributed by atoms with Crippen molar-refractivity contribution in [2.24, 2.45) is 5.14 Å². The molecule has 1 unspecified atom stereocenters. The first-order valence-electron chi connectivity index (χ1n) is 10.1. The zero-order valence-corrected chi connectivity index (χ0v) is 17.9. The number of hydrogen-bond acceptors (Lipinski definition) is 5. The first kappa shape index (κ1) is 22.7. The van der Waals surface area contributed by atoms with Crippen LogP contribution in [0.1, 0.15) is 19.3 Å². The van der Waals surface area contributed by atoms with E-state index in [0.717, 1.165) is 25.8 Å². The van der Waals surface area contributed by atoms with E-state index in [-0.39, 0.29) is 29.4 Å². The summed E-state index contributed by atoms with van der Waals surface area (Å²) in [4.78, 5) is 26.7. The third kappa shape index (κ3) is 7.06. The molecule has 0 bridgehead atoms. The average molecular weight is 446 g/mol. The van der Waals surface area contributed by atoms with Gasteiger partial charge in [-0.3, -0.25) is 9.69 Å². The molecule has 0 aliphatic carbocycles. The number of nitrogens with one attached hydrogen (secondary N) is 3. The SMILES string of the molecule is NS(=O)(=O)c1ccc(NC(=O)CN2CCCCC2CNC(=O)Nc2ccccc2)cc1. The summed E-state index contributed by atoms with van der Waals surface area (Å²) in [6, 6.07) is 14.7. The van der Waals surface area contributed by atoms with Crippen molar-refractivity contribution in [1.82, 2.24) is 10.2 Å². The molecule has 10 heteroatoms. The van der Waals surface area contributed by atoms with Gasteiger partial charge in [0.25, 0.3) is 0 Å². The topological polar surface area (TPSA) is 134 Å². The van der Waals surface area contributed by atoms with Gasteiger partial charge in [-0.15, -0.1) is 0 Å². The highest BCUT2D eigenvalue weighted by Crippen LogP contribution is 2.17. The molecule has 5 N–H and O–H groups in total. The molecule has 1 heterocycles. The molecule has 1 aliphatic rings. The molecule has 1 fully saturated rings. The summed E-state index contributed by atoms with van der Waals surface area (Å²) in [6.07, 6.45) is 2.92. The number of piperidine rings is 1. The Labute approximate surface area is 182 Å². The standard InChI is InChI=1S/C21H27N5O4S/c22-31(29,30)19-11-9-17(10-12-19)24-20(27)15-26-13-5-4-8-18(26)14-23-21(28)25-16-6-2-1-3-7-16/h1-3,6-7,9-12,18H,4-5,8,13-15H2,(H,24,27)(H2,22,29,30)(H2,23,25,28). The van der Waals surface area contributed by atoms with Gasteiger partial charge in [0.2, 0.25) is 15.9 Å². The quantitative estimate of drug-likeness (QED) is 0.517. The lowest BCUT2D eigenvalue weighted by Crippen LogP contribution is -2.49. The normalized spacial score (nSPS) is 17.0. The predicted molar refractivity (Wildman–Crippen MR) is 119 cm³/mol. The molecule has 1 atom stereocenters. The summed E-state index contributed by atoms with van der Waals surface area (Å²) >= 11 is 0. The second-order valence-corrected chi connectivity index (χ2v) is 9.00. The van der Waals surface area contributed by atoms with Gasteiger partial charge >= 0.3 is 6.03 Å². The Morgan fingerprint density at radius 3 is 2.32 bits per heavy atom. The number of urea groups is 1. The third-order valence-corrected chi connectivity index (χ3v) is 6.02. The fourth-order valence-corrected chi connectivity index (χ4v) is 4.03. The van der Waals surface area contributed by atoms with E-state index >= 15 is 0 Å². The van der Waals surface area contributed by atoms with Gasteiger partial charge in [-0.1, -0.05) is 24.6 Å². The predicted octanol–water partition coefficient (Wildman–Crippen LogP) is 1.95. The fraction of sp³-hybridized carbons (Fsp3) is 0.333. The lowest BCUT2D eigenvalue weighted by Gasteiger charge is -2.35. The van der Waals surface area contributed by atoms with Gasteiger partial charge in [0.1, 0.15) is 0 Å². The number of carbonyl (C=O) groups excluding carboxylic acids is 2. The average Bonchev–Trinajstić information content (AvgIpc) is 2.73. The number of amides is 3. The number of hydrogen-bond donors (Lipinski definition) is 4. The van der Waals surface area contributed by atoms with Gasteiger partial charge in [-0.2, -0.15) is 0 Å². The molecule has 3 rings (SSSR count). The van der Waals surface area contributed by atoms with Crippen LogP contribution in [0.15, 0.2) is 59.5 Å². The number of nitrogens with zero attached hydrogens (tertiary/aromatic N) is 1. The Balaban J connectivity index is 1.50. The minimum absolute atomic E-state index is 0.0125. The van der Waals surface area contributed by atoms with Gasteiger partial charge < -0.3 is 16.0 Å². The summed E-state index contributed by atoms with van der Waals surface area (Å²) in [6.45, 7) is 1.39. The summed E-state index contributed by atoms with van der Waals surface area (Å²) in [5.41, 5.74) is 1.21. The van der Waals surface area contributed by atoms with Crippen molar-refractivity contribution < 1.29 is 18.0 Å². The molecule has 0 saturated carbocycles. The molecule has 9 nitrogen and oxygen atoms in total. The van der Waals surface area contributed by atoms with E-state index < -0.39 is 10.0 Å². The van der Waals surface area contributed by atoms with E-state index in [9.17, 15) is 18.0 Å². The minimum Gasteiger partial charge on any atom is -0.336 e. The summed E-state index contributed by atoms with van der Waals surface area (Å²) < 4.78 is 22.7. The molecule has 0 radical (unpaired) electrons. The lowest BCUT2D eigenvalue weighted by atomic mass is 10.0. The van der Waals surface area contributed by atoms with Gasteiger partial charge in [0.15, 0.2) is 0 Å². The van der Waals surface area contributed by atoms with Crippen LogP contribution in [0, 0.1) is 0 Å². The van der Waals surface area contributed by atoms with Crippen molar-refractivity contribution in [1.29, 1.82) is 0 Å². The fourth-order valence-electron chi connectivity index (χ4n) is 3.52. The van der Waals surface area contributed by atoms with Gasteiger partial charge in [-0.25, -0.2) is 18.4 Å². The largest absolute Gasteiger partial charge is 0.336 e. The number of likely N-dealkylation sites (tertiary alicyclic amines) is 1. The van der Waals surface area contributed by atoms with Gasteiger partial charge in [-0.05, 0) is 55.8 Å². The molecule has 0 aromatic heterocycles. The summed E-state index contributed by atoms with van der Waals surface area (Å²) in [7, 11) is -3.77. The first-order valence-corrected chi connectivity index (χ1v) is 11.6. The molecule has 1 saturated heterocycles. The van der Waals surface area contributed by atoms with Crippen molar-refractivity contribution in [3.63, 3.8) is 0 Å². The zero-order valence-electron chi connectivity index (χ0n) is 17.1. The van der Waals surface area contributed by atoms with Crippen LogP contribution in [0.3, 0.4) is 0 Å². The molecule has 31 heavy (non-hydrogen) atoms. The highest BCUT2D eigenvalue weighted by Gasteiger charge is 2.24. The molecule has 3 amide bonds. The van der Waals surface area contributed by atoms with Crippen LogP contribution in [-0.2, 0) is 14.8 Å². The second-order valence-electron chi connectivity index (χ2n) is 7.44. The van der Waals surface area contributed by atoms with Crippen molar-refractivity contribution in [2.45, 2.75) is 30.2 Å². The summed E-state index contributed by atoms with van der Waals surface area (Å²) in [5, 5.41) is 13.5. The van der Waals surface area contributed by atoms with Crippen LogP contribution in [0.4, 0.5) is 16.2 Å². The van der Waals surface area contributed by atoms with Crippen molar-refractivity contribution >= 4 is 33.3 Å². The van der Waals surface area contributed by atoms with Crippen molar-refractivity contribution in [3.05, 3.63) is 54.6 Å². The molecular weight excluding hydrogens is 418 g/mol. The number of primary sulfonamides is 1. The third-order valence-electron chi connectivity index (χ3n) is 5.09. The molecule has 2 aromatic rings. The summed E-state index contributed by atoms with van der Waals surface area (Å²) in [5.74, 6) is -0.205. The van der Waals surface area contributed by atoms with Crippen LogP contribution in [0.25, 0.3) is 0 Å². The number of carbonyl (C=O) groups is 2. The zero-order chi connectivity index (χ0) is 22.3. The minimum atomic E-state index is -3.77. The second kappa shape index (κ2) is 10.4. The van der Waals surface area contributed by atoms with E-state index in [1.54, 1.807) is 0 Å². The Kier molecular flexibility index (Phi) is 7.61. The Morgan fingerprint density at radius 2 is 1.65 bits per heavy atom. The van der Waals surface area contributed by atoms with Crippen molar-refractivity contribution in [2.75, 3.05) is 30.3 Å². The highest BCUT2D eigenvalue weighted by molar-refractivity contribution is 7.89. The van der Waals surface area contributed by atoms with Gasteiger partial charge in [0, 0.05) is 24.0 Å². The molecular formula is C21H27N5O4S.